The van der Waals surface area contributed by atoms with Crippen LogP contribution in [-0.2, 0) is 13.1 Å². The van der Waals surface area contributed by atoms with Crippen molar-refractivity contribution in [1.29, 1.82) is 0 Å². The number of rotatable bonds is 5. The van der Waals surface area contributed by atoms with E-state index in [-0.39, 0.29) is 5.82 Å². The SMILES string of the molecule is Fc1ccc(CN(Cc2cccnc2)c2ccoc2)cc1. The Morgan fingerprint density at radius 1 is 1.00 bits per heavy atom. The normalized spacial score (nSPS) is 10.5. The van der Waals surface area contributed by atoms with Crippen molar-refractivity contribution in [3.63, 3.8) is 0 Å². The van der Waals surface area contributed by atoms with Gasteiger partial charge in [0.05, 0.1) is 12.0 Å². The van der Waals surface area contributed by atoms with Crippen molar-refractivity contribution in [2.45, 2.75) is 13.1 Å². The minimum absolute atomic E-state index is 0.221. The maximum atomic E-state index is 13.0. The van der Waals surface area contributed by atoms with Gasteiger partial charge in [-0.1, -0.05) is 18.2 Å². The zero-order valence-electron chi connectivity index (χ0n) is 11.4. The van der Waals surface area contributed by atoms with E-state index in [1.807, 2.05) is 24.4 Å². The van der Waals surface area contributed by atoms with Crippen LogP contribution in [0.4, 0.5) is 10.1 Å². The molecule has 0 saturated carbocycles. The van der Waals surface area contributed by atoms with Crippen LogP contribution in [0.25, 0.3) is 0 Å². The zero-order chi connectivity index (χ0) is 14.5. The molecule has 0 N–H and O–H groups in total. The summed E-state index contributed by atoms with van der Waals surface area (Å²) in [6, 6.07) is 12.4. The Bertz CT molecular complexity index is 666. The third-order valence-electron chi connectivity index (χ3n) is 3.25. The van der Waals surface area contributed by atoms with Crippen molar-refractivity contribution in [1.82, 2.24) is 4.98 Å². The van der Waals surface area contributed by atoms with Crippen molar-refractivity contribution in [3.8, 4) is 0 Å². The van der Waals surface area contributed by atoms with Gasteiger partial charge < -0.3 is 9.32 Å². The lowest BCUT2D eigenvalue weighted by Crippen LogP contribution is -2.21. The average molecular weight is 282 g/mol. The third kappa shape index (κ3) is 3.48. The number of hydrogen-bond donors (Lipinski definition) is 0. The summed E-state index contributed by atoms with van der Waals surface area (Å²) in [5.74, 6) is -0.221. The molecule has 0 bridgehead atoms. The van der Waals surface area contributed by atoms with Crippen LogP contribution in [0.15, 0.2) is 71.8 Å². The highest BCUT2D eigenvalue weighted by Gasteiger charge is 2.10. The summed E-state index contributed by atoms with van der Waals surface area (Å²) in [6.07, 6.45) is 6.96. The molecule has 3 nitrogen and oxygen atoms in total. The molecule has 106 valence electrons. The highest BCUT2D eigenvalue weighted by molar-refractivity contribution is 5.44. The number of aromatic nitrogens is 1. The van der Waals surface area contributed by atoms with E-state index >= 15 is 0 Å². The molecule has 0 saturated heterocycles. The Balaban J connectivity index is 1.81. The van der Waals surface area contributed by atoms with Gasteiger partial charge in [0.25, 0.3) is 0 Å². The average Bonchev–Trinajstić information content (AvgIpc) is 3.04. The van der Waals surface area contributed by atoms with E-state index in [0.717, 1.165) is 16.8 Å². The maximum absolute atomic E-state index is 13.0. The van der Waals surface area contributed by atoms with E-state index in [2.05, 4.69) is 9.88 Å². The van der Waals surface area contributed by atoms with Gasteiger partial charge in [0.1, 0.15) is 12.1 Å². The Morgan fingerprint density at radius 2 is 1.81 bits per heavy atom. The lowest BCUT2D eigenvalue weighted by atomic mass is 10.2. The van der Waals surface area contributed by atoms with E-state index in [4.69, 9.17) is 4.42 Å². The summed E-state index contributed by atoms with van der Waals surface area (Å²) in [6.45, 7) is 1.39. The molecule has 1 aromatic carbocycles. The molecule has 21 heavy (non-hydrogen) atoms. The first kappa shape index (κ1) is 13.4. The second-order valence-electron chi connectivity index (χ2n) is 4.83. The van der Waals surface area contributed by atoms with Crippen LogP contribution in [0.2, 0.25) is 0 Å². The molecule has 0 unspecified atom stereocenters. The fourth-order valence-corrected chi connectivity index (χ4v) is 2.20. The fourth-order valence-electron chi connectivity index (χ4n) is 2.20. The summed E-state index contributed by atoms with van der Waals surface area (Å²) in [5, 5.41) is 0. The third-order valence-corrected chi connectivity index (χ3v) is 3.25. The number of furan rings is 1. The van der Waals surface area contributed by atoms with Crippen molar-refractivity contribution in [2.75, 3.05) is 4.90 Å². The fraction of sp³-hybridized carbons (Fsp3) is 0.118. The quantitative estimate of drug-likeness (QED) is 0.707. The van der Waals surface area contributed by atoms with Gasteiger partial charge in [0.2, 0.25) is 0 Å². The van der Waals surface area contributed by atoms with Gasteiger partial charge in [-0.05, 0) is 35.4 Å². The van der Waals surface area contributed by atoms with Crippen LogP contribution in [0.5, 0.6) is 0 Å². The predicted molar refractivity (Wildman–Crippen MR) is 79.2 cm³/mol. The molecule has 4 heteroatoms. The summed E-state index contributed by atoms with van der Waals surface area (Å²) in [4.78, 5) is 6.30. The summed E-state index contributed by atoms with van der Waals surface area (Å²) >= 11 is 0. The molecule has 3 rings (SSSR count). The van der Waals surface area contributed by atoms with Gasteiger partial charge >= 0.3 is 0 Å². The number of pyridine rings is 1. The van der Waals surface area contributed by atoms with E-state index < -0.39 is 0 Å². The first-order chi connectivity index (χ1) is 10.3. The van der Waals surface area contributed by atoms with Crippen LogP contribution in [-0.4, -0.2) is 4.98 Å². The number of benzene rings is 1. The van der Waals surface area contributed by atoms with Gasteiger partial charge in [0.15, 0.2) is 0 Å². The Kier molecular flexibility index (Phi) is 3.96. The maximum Gasteiger partial charge on any atom is 0.123 e. The van der Waals surface area contributed by atoms with E-state index in [1.54, 1.807) is 30.9 Å². The molecule has 2 aromatic heterocycles. The molecular formula is C17H15FN2O. The second kappa shape index (κ2) is 6.22. The van der Waals surface area contributed by atoms with Gasteiger partial charge in [-0.15, -0.1) is 0 Å². The van der Waals surface area contributed by atoms with E-state index in [0.29, 0.717) is 13.1 Å². The van der Waals surface area contributed by atoms with Crippen LogP contribution < -0.4 is 4.90 Å². The van der Waals surface area contributed by atoms with Crippen molar-refractivity contribution in [2.24, 2.45) is 0 Å². The van der Waals surface area contributed by atoms with Crippen molar-refractivity contribution in [3.05, 3.63) is 84.3 Å². The molecule has 0 amide bonds. The molecule has 0 atom stereocenters. The van der Waals surface area contributed by atoms with Crippen LogP contribution >= 0.6 is 0 Å². The van der Waals surface area contributed by atoms with Crippen LogP contribution in [0.3, 0.4) is 0 Å². The largest absolute Gasteiger partial charge is 0.470 e. The lowest BCUT2D eigenvalue weighted by molar-refractivity contribution is 0.565. The van der Waals surface area contributed by atoms with Crippen LogP contribution in [0, 0.1) is 5.82 Å². The number of halogens is 1. The van der Waals surface area contributed by atoms with E-state index in [1.165, 1.54) is 12.1 Å². The topological polar surface area (TPSA) is 29.3 Å². The molecule has 3 aromatic rings. The Morgan fingerprint density at radius 3 is 2.48 bits per heavy atom. The molecule has 0 aliphatic rings. The smallest absolute Gasteiger partial charge is 0.123 e. The Hall–Kier alpha value is -2.62. The molecule has 0 aliphatic heterocycles. The molecule has 0 radical (unpaired) electrons. The molecular weight excluding hydrogens is 267 g/mol. The predicted octanol–water partition coefficient (Wildman–Crippen LogP) is 4.02. The number of nitrogens with zero attached hydrogens (tertiary/aromatic N) is 2. The monoisotopic (exact) mass is 282 g/mol. The summed E-state index contributed by atoms with van der Waals surface area (Å²) in [7, 11) is 0. The number of anilines is 1. The second-order valence-corrected chi connectivity index (χ2v) is 4.83. The standard InChI is InChI=1S/C17H15FN2O/c18-16-5-3-14(4-6-16)11-20(17-7-9-21-13-17)12-15-2-1-8-19-10-15/h1-10,13H,11-12H2. The highest BCUT2D eigenvalue weighted by atomic mass is 19.1. The summed E-state index contributed by atoms with van der Waals surface area (Å²) < 4.78 is 18.2. The molecule has 0 fully saturated rings. The Labute approximate surface area is 122 Å². The molecule has 0 aliphatic carbocycles. The highest BCUT2D eigenvalue weighted by Crippen LogP contribution is 2.20. The minimum atomic E-state index is -0.221. The van der Waals surface area contributed by atoms with Gasteiger partial charge in [-0.3, -0.25) is 4.98 Å². The minimum Gasteiger partial charge on any atom is -0.470 e. The van der Waals surface area contributed by atoms with Crippen molar-refractivity contribution < 1.29 is 8.81 Å². The van der Waals surface area contributed by atoms with Gasteiger partial charge in [0, 0.05) is 25.5 Å². The molecule has 2 heterocycles. The first-order valence-electron chi connectivity index (χ1n) is 6.72. The lowest BCUT2D eigenvalue weighted by Gasteiger charge is -2.23. The van der Waals surface area contributed by atoms with E-state index in [9.17, 15) is 4.39 Å². The molecule has 0 spiro atoms. The summed E-state index contributed by atoms with van der Waals surface area (Å²) in [5.41, 5.74) is 3.14. The van der Waals surface area contributed by atoms with Gasteiger partial charge in [-0.2, -0.15) is 0 Å². The van der Waals surface area contributed by atoms with Crippen LogP contribution in [0.1, 0.15) is 11.1 Å². The first-order valence-corrected chi connectivity index (χ1v) is 6.72. The number of hydrogen-bond acceptors (Lipinski definition) is 3. The zero-order valence-corrected chi connectivity index (χ0v) is 11.4. The van der Waals surface area contributed by atoms with Gasteiger partial charge in [-0.25, -0.2) is 4.39 Å². The van der Waals surface area contributed by atoms with Crippen molar-refractivity contribution >= 4 is 5.69 Å².